The number of aromatic nitrogens is 12. The van der Waals surface area contributed by atoms with E-state index in [-0.39, 0.29) is 0 Å². The Kier molecular flexibility index (Phi) is 31.4. The van der Waals surface area contributed by atoms with Crippen molar-refractivity contribution in [1.82, 2.24) is 79.4 Å². The van der Waals surface area contributed by atoms with Gasteiger partial charge < -0.3 is 60.5 Å². The molecule has 0 aliphatic carbocycles. The zero-order valence-electron chi connectivity index (χ0n) is 75.9. The summed E-state index contributed by atoms with van der Waals surface area (Å²) in [5, 5.41) is 26.0. The number of piperazine rings is 4. The summed E-state index contributed by atoms with van der Waals surface area (Å²) >= 11 is 24.5. The van der Waals surface area contributed by atoms with Crippen LogP contribution in [0.4, 0.5) is 46.5 Å². The van der Waals surface area contributed by atoms with Gasteiger partial charge in [0.15, 0.2) is 0 Å². The van der Waals surface area contributed by atoms with Crippen molar-refractivity contribution >= 4 is 180 Å². The number of para-hydroxylation sites is 4. The largest absolute Gasteiger partial charge is 0.384 e. The number of hydrogen-bond donors (Lipinski definition) is 4. The number of aryl methyl sites for hydroxylation is 4. The first-order valence-corrected chi connectivity index (χ1v) is 48.4. The molecule has 0 radical (unpaired) electrons. The Morgan fingerprint density at radius 1 is 0.235 bits per heavy atom. The van der Waals surface area contributed by atoms with Gasteiger partial charge in [-0.25, -0.2) is 39.9 Å². The molecule has 24 nitrogen and oxygen atoms in total. The van der Waals surface area contributed by atoms with Gasteiger partial charge in [-0.3, -0.25) is 19.9 Å². The van der Waals surface area contributed by atoms with E-state index in [1.54, 1.807) is 0 Å². The molecular formula is C104H116Cl4N24. The highest BCUT2D eigenvalue weighted by Gasteiger charge is 2.26. The molecule has 0 saturated carbocycles. The summed E-state index contributed by atoms with van der Waals surface area (Å²) in [6, 6.07) is 64.8. The molecule has 20 rings (SSSR count). The molecule has 8 aromatic heterocycles. The molecule has 0 amide bonds. The summed E-state index contributed by atoms with van der Waals surface area (Å²) < 4.78 is 0. The minimum absolute atomic E-state index is 0.703. The second-order valence-corrected chi connectivity index (χ2v) is 35.6. The average Bonchev–Trinajstić information content (AvgIpc) is 0.797. The third-order valence-corrected chi connectivity index (χ3v) is 26.5. The summed E-state index contributed by atoms with van der Waals surface area (Å²) in [6.45, 7) is 33.1. The van der Waals surface area contributed by atoms with Crippen LogP contribution in [0.5, 0.6) is 0 Å². The number of fused-ring (bicyclic) bond motifs is 8. The second-order valence-electron chi connectivity index (χ2n) is 33.8. The molecule has 0 bridgehead atoms. The van der Waals surface area contributed by atoms with Gasteiger partial charge in [0.05, 0.1) is 66.9 Å². The summed E-state index contributed by atoms with van der Waals surface area (Å²) in [4.78, 5) is 76.6. The number of rotatable bonds is 28. The van der Waals surface area contributed by atoms with Gasteiger partial charge in [0.2, 0.25) is 23.8 Å². The predicted octanol–water partition coefficient (Wildman–Crippen LogP) is 20.1. The quantitative estimate of drug-likeness (QED) is 0.0334. The van der Waals surface area contributed by atoms with Crippen molar-refractivity contribution in [2.75, 3.05) is 198 Å². The Bertz CT molecular complexity index is 5790. The molecule has 680 valence electrons. The van der Waals surface area contributed by atoms with Crippen LogP contribution in [0.25, 0.3) is 87.2 Å². The fourth-order valence-corrected chi connectivity index (χ4v) is 18.6. The highest BCUT2D eigenvalue weighted by Crippen LogP contribution is 2.33. The first-order valence-electron chi connectivity index (χ1n) is 46.9. The number of nitrogens with zero attached hydrogens (tertiary/aromatic N) is 20. The molecule has 8 aromatic carbocycles. The zero-order valence-corrected chi connectivity index (χ0v) is 78.9. The number of benzene rings is 8. The summed E-state index contributed by atoms with van der Waals surface area (Å²) in [5.41, 5.74) is 16.6. The standard InChI is InChI=1S/4C26H29ClN6/c4*1-2-32-14-16-33(17-15-32)26-30-23-7-4-3-6-20(23)24(31-26)8-5-12-28-22-11-13-29-25-18-19(27)9-10-21(22)25/h4*3-4,6-7,9-11,13,18H,2,5,8,12,14-17H2,1H3,(H,28,29). The molecule has 4 fully saturated rings. The first-order chi connectivity index (χ1) is 64.8. The highest BCUT2D eigenvalue weighted by molar-refractivity contribution is 6.32. The lowest BCUT2D eigenvalue weighted by Crippen LogP contribution is -2.46. The van der Waals surface area contributed by atoms with Gasteiger partial charge in [-0.15, -0.1) is 0 Å². The van der Waals surface area contributed by atoms with Crippen LogP contribution >= 0.6 is 46.4 Å². The SMILES string of the molecule is CCN1CCN(c2nc(CCCNc3ccnc4cc(Cl)ccc34)c3ccccc3n2)CC1.CCN1CCN(c2nc(CCCNc3ccnc4cc(Cl)ccc34)c3ccccc3n2)CC1.CCN1CCN(c2nc(CCCNc3ccnc4cc(Cl)ccc34)c3ccccc3n2)CC1.CCN1CCN(c2nc(CCCNc3ccnc4cc(Cl)ccc34)c3ccccc3n2)CC1. The molecule has 28 heteroatoms. The van der Waals surface area contributed by atoms with E-state index in [1.807, 2.05) is 122 Å². The minimum Gasteiger partial charge on any atom is -0.384 e. The Morgan fingerprint density at radius 3 is 0.659 bits per heavy atom. The summed E-state index contributed by atoms with van der Waals surface area (Å²) in [5.74, 6) is 3.46. The Hall–Kier alpha value is -11.8. The van der Waals surface area contributed by atoms with Crippen molar-refractivity contribution in [2.24, 2.45) is 0 Å². The Labute approximate surface area is 793 Å². The molecule has 132 heavy (non-hydrogen) atoms. The van der Waals surface area contributed by atoms with Crippen LogP contribution in [0, 0.1) is 0 Å². The van der Waals surface area contributed by atoms with E-state index in [2.05, 4.69) is 205 Å². The van der Waals surface area contributed by atoms with E-state index < -0.39 is 0 Å². The normalized spacial score (nSPS) is 14.8. The molecule has 4 aliphatic rings. The van der Waals surface area contributed by atoms with Gasteiger partial charge >= 0.3 is 0 Å². The van der Waals surface area contributed by atoms with Crippen molar-refractivity contribution in [3.05, 3.63) is 262 Å². The number of halogens is 4. The third-order valence-electron chi connectivity index (χ3n) is 25.5. The number of nitrogens with one attached hydrogen (secondary N) is 4. The molecule has 12 heterocycles. The van der Waals surface area contributed by atoms with Crippen molar-refractivity contribution in [3.8, 4) is 0 Å². The molecular weight excluding hydrogens is 1730 g/mol. The summed E-state index contributed by atoms with van der Waals surface area (Å²) in [7, 11) is 0. The molecule has 0 unspecified atom stereocenters. The molecule has 4 aliphatic heterocycles. The van der Waals surface area contributed by atoms with Crippen LogP contribution in [0.1, 0.15) is 76.2 Å². The topological polar surface area (TPSA) is 229 Å². The van der Waals surface area contributed by atoms with Gasteiger partial charge in [0.25, 0.3) is 0 Å². The zero-order chi connectivity index (χ0) is 90.5. The maximum Gasteiger partial charge on any atom is 0.226 e. The number of likely N-dealkylation sites (N-methyl/N-ethyl adjacent to an activating group) is 4. The lowest BCUT2D eigenvalue weighted by Gasteiger charge is -2.34. The lowest BCUT2D eigenvalue weighted by molar-refractivity contribution is 0.270. The van der Waals surface area contributed by atoms with Crippen LogP contribution in [-0.2, 0) is 25.7 Å². The van der Waals surface area contributed by atoms with E-state index in [0.29, 0.717) is 20.1 Å². The molecule has 4 N–H and O–H groups in total. The lowest BCUT2D eigenvalue weighted by atomic mass is 10.1. The molecule has 0 atom stereocenters. The smallest absolute Gasteiger partial charge is 0.226 e. The molecule has 4 saturated heterocycles. The highest BCUT2D eigenvalue weighted by atomic mass is 35.5. The van der Waals surface area contributed by atoms with E-state index in [0.717, 1.165) is 365 Å². The van der Waals surface area contributed by atoms with Crippen molar-refractivity contribution < 1.29 is 0 Å². The maximum absolute atomic E-state index is 6.12. The predicted molar refractivity (Wildman–Crippen MR) is 550 cm³/mol. The monoisotopic (exact) mass is 1840 g/mol. The van der Waals surface area contributed by atoms with Crippen LogP contribution < -0.4 is 40.9 Å². The number of pyridine rings is 4. The van der Waals surface area contributed by atoms with Gasteiger partial charge in [0, 0.05) is 242 Å². The molecule has 0 spiro atoms. The Morgan fingerprint density at radius 2 is 0.447 bits per heavy atom. The minimum atomic E-state index is 0.703. The number of hydrogen-bond acceptors (Lipinski definition) is 24. The van der Waals surface area contributed by atoms with Crippen LogP contribution in [0.3, 0.4) is 0 Å². The second kappa shape index (κ2) is 45.1. The van der Waals surface area contributed by atoms with Crippen LogP contribution in [0.15, 0.2) is 219 Å². The fourth-order valence-electron chi connectivity index (χ4n) is 17.9. The Balaban J connectivity index is 0.000000123. The fraction of sp³-hybridized carbons (Fsp3) is 0.346. The van der Waals surface area contributed by atoms with Crippen molar-refractivity contribution in [2.45, 2.75) is 79.1 Å². The van der Waals surface area contributed by atoms with E-state index in [4.69, 9.17) is 86.3 Å². The van der Waals surface area contributed by atoms with Crippen molar-refractivity contribution in [1.29, 1.82) is 0 Å². The van der Waals surface area contributed by atoms with Gasteiger partial charge in [-0.2, -0.15) is 0 Å². The molecule has 16 aromatic rings. The van der Waals surface area contributed by atoms with Crippen LogP contribution in [0.2, 0.25) is 20.1 Å². The van der Waals surface area contributed by atoms with Gasteiger partial charge in [-0.1, -0.05) is 147 Å². The van der Waals surface area contributed by atoms with E-state index in [9.17, 15) is 0 Å². The van der Waals surface area contributed by atoms with Crippen LogP contribution in [-0.4, -0.2) is 236 Å². The van der Waals surface area contributed by atoms with Gasteiger partial charge in [0.1, 0.15) is 0 Å². The first kappa shape index (κ1) is 92.0. The van der Waals surface area contributed by atoms with Gasteiger partial charge in [-0.05, 0) is 199 Å². The third kappa shape index (κ3) is 23.2. The van der Waals surface area contributed by atoms with Crippen molar-refractivity contribution in [3.63, 3.8) is 0 Å². The summed E-state index contributed by atoms with van der Waals surface area (Å²) in [6.07, 6.45) is 14.8. The maximum atomic E-state index is 6.12. The van der Waals surface area contributed by atoms with E-state index in [1.165, 1.54) is 0 Å². The van der Waals surface area contributed by atoms with E-state index >= 15 is 0 Å². The average molecular weight is 1840 g/mol. The number of anilines is 8.